The van der Waals surface area contributed by atoms with Crippen molar-refractivity contribution in [1.29, 1.82) is 0 Å². The van der Waals surface area contributed by atoms with Crippen LogP contribution in [0.2, 0.25) is 0 Å². The molecule has 1 N–H and O–H groups in total. The zero-order valence-corrected chi connectivity index (χ0v) is 13.6. The zero-order chi connectivity index (χ0) is 15.0. The average molecular weight is 278 g/mol. The van der Waals surface area contributed by atoms with Crippen molar-refractivity contribution in [3.05, 3.63) is 24.3 Å². The average Bonchev–Trinajstić information content (AvgIpc) is 2.40. The van der Waals surface area contributed by atoms with Crippen molar-refractivity contribution in [3.63, 3.8) is 0 Å². The van der Waals surface area contributed by atoms with Gasteiger partial charge in [0.25, 0.3) is 0 Å². The predicted octanol–water partition coefficient (Wildman–Crippen LogP) is 3.55. The molecule has 3 nitrogen and oxygen atoms in total. The molecule has 0 radical (unpaired) electrons. The van der Waals surface area contributed by atoms with Crippen LogP contribution in [0, 0.1) is 5.92 Å². The molecule has 114 valence electrons. The Morgan fingerprint density at radius 2 is 1.80 bits per heavy atom. The van der Waals surface area contributed by atoms with E-state index in [2.05, 4.69) is 63.0 Å². The molecule has 0 heterocycles. The fourth-order valence-electron chi connectivity index (χ4n) is 2.19. The molecule has 1 unspecified atom stereocenters. The summed E-state index contributed by atoms with van der Waals surface area (Å²) in [5, 5.41) is 3.43. The number of nitrogens with one attached hydrogen (secondary N) is 1. The Kier molecular flexibility index (Phi) is 7.45. The van der Waals surface area contributed by atoms with Crippen molar-refractivity contribution in [3.8, 4) is 5.75 Å². The van der Waals surface area contributed by atoms with Crippen LogP contribution in [0.5, 0.6) is 5.75 Å². The first-order chi connectivity index (χ1) is 9.56. The molecule has 0 fully saturated rings. The number of ether oxygens (including phenoxy) is 1. The van der Waals surface area contributed by atoms with Crippen molar-refractivity contribution in [2.45, 2.75) is 40.7 Å². The summed E-state index contributed by atoms with van der Waals surface area (Å²) in [6.45, 7) is 14.8. The highest BCUT2D eigenvalue weighted by molar-refractivity contribution is 5.50. The molecule has 0 bridgehead atoms. The van der Waals surface area contributed by atoms with Crippen LogP contribution in [0.1, 0.15) is 34.6 Å². The van der Waals surface area contributed by atoms with Crippen molar-refractivity contribution >= 4 is 5.69 Å². The van der Waals surface area contributed by atoms with Gasteiger partial charge in [0.15, 0.2) is 0 Å². The fourth-order valence-corrected chi connectivity index (χ4v) is 2.19. The van der Waals surface area contributed by atoms with Gasteiger partial charge in [0.2, 0.25) is 0 Å². The highest BCUT2D eigenvalue weighted by Gasteiger charge is 2.07. The van der Waals surface area contributed by atoms with E-state index < -0.39 is 0 Å². The molecule has 0 aliphatic heterocycles. The molecule has 0 aliphatic rings. The summed E-state index contributed by atoms with van der Waals surface area (Å²) >= 11 is 0. The van der Waals surface area contributed by atoms with Gasteiger partial charge in [0, 0.05) is 31.4 Å². The van der Waals surface area contributed by atoms with Crippen molar-refractivity contribution in [1.82, 2.24) is 5.32 Å². The Hall–Kier alpha value is -1.22. The number of hydrogen-bond acceptors (Lipinski definition) is 3. The van der Waals surface area contributed by atoms with Crippen LogP contribution >= 0.6 is 0 Å². The highest BCUT2D eigenvalue weighted by atomic mass is 16.5. The van der Waals surface area contributed by atoms with Gasteiger partial charge < -0.3 is 15.0 Å². The Morgan fingerprint density at radius 3 is 2.40 bits per heavy atom. The lowest BCUT2D eigenvalue weighted by atomic mass is 10.2. The van der Waals surface area contributed by atoms with Crippen molar-refractivity contribution in [2.24, 2.45) is 5.92 Å². The maximum Gasteiger partial charge on any atom is 0.121 e. The lowest BCUT2D eigenvalue weighted by Crippen LogP contribution is -2.31. The highest BCUT2D eigenvalue weighted by Crippen LogP contribution is 2.21. The second kappa shape index (κ2) is 8.85. The summed E-state index contributed by atoms with van der Waals surface area (Å²) in [5.74, 6) is 1.63. The van der Waals surface area contributed by atoms with Crippen LogP contribution < -0.4 is 15.0 Å². The molecule has 1 aromatic rings. The van der Waals surface area contributed by atoms with Crippen LogP contribution in [-0.2, 0) is 0 Å². The van der Waals surface area contributed by atoms with E-state index in [9.17, 15) is 0 Å². The molecule has 0 aromatic heterocycles. The van der Waals surface area contributed by atoms with Gasteiger partial charge in [-0.25, -0.2) is 0 Å². The van der Waals surface area contributed by atoms with Gasteiger partial charge in [-0.05, 0) is 45.4 Å². The lowest BCUT2D eigenvalue weighted by molar-refractivity contribution is 0.215. The second-order valence-corrected chi connectivity index (χ2v) is 5.65. The van der Waals surface area contributed by atoms with Crippen LogP contribution in [-0.4, -0.2) is 32.3 Å². The molecular formula is C17H30N2O. The van der Waals surface area contributed by atoms with Gasteiger partial charge >= 0.3 is 0 Å². The van der Waals surface area contributed by atoms with Gasteiger partial charge in [0.05, 0.1) is 0 Å². The molecule has 0 saturated heterocycles. The van der Waals surface area contributed by atoms with E-state index in [0.717, 1.165) is 31.9 Å². The largest absolute Gasteiger partial charge is 0.489 e. The normalized spacial score (nSPS) is 12.5. The molecule has 1 rings (SSSR count). The van der Waals surface area contributed by atoms with Crippen LogP contribution in [0.25, 0.3) is 0 Å². The molecule has 3 heteroatoms. The fraction of sp³-hybridized carbons (Fsp3) is 0.647. The Labute approximate surface area is 124 Å². The van der Waals surface area contributed by atoms with E-state index >= 15 is 0 Å². The zero-order valence-electron chi connectivity index (χ0n) is 13.6. The topological polar surface area (TPSA) is 24.5 Å². The maximum atomic E-state index is 5.99. The minimum absolute atomic E-state index is 0.181. The molecule has 0 aliphatic carbocycles. The Bertz CT molecular complexity index is 375. The summed E-state index contributed by atoms with van der Waals surface area (Å²) in [7, 11) is 0. The van der Waals surface area contributed by atoms with Crippen molar-refractivity contribution in [2.75, 3.05) is 31.1 Å². The standard InChI is InChI=1S/C17H30N2O/c1-6-19(7-2)16-9-8-10-17(11-16)20-15(5)13-18-12-14(3)4/h8-11,14-15,18H,6-7,12-13H2,1-5H3. The Morgan fingerprint density at radius 1 is 1.10 bits per heavy atom. The van der Waals surface area contributed by atoms with E-state index in [1.54, 1.807) is 0 Å². The number of anilines is 1. The third-order valence-corrected chi connectivity index (χ3v) is 3.27. The minimum Gasteiger partial charge on any atom is -0.489 e. The SMILES string of the molecule is CCN(CC)c1cccc(OC(C)CNCC(C)C)c1. The first-order valence-corrected chi connectivity index (χ1v) is 7.79. The minimum atomic E-state index is 0.181. The maximum absolute atomic E-state index is 5.99. The first-order valence-electron chi connectivity index (χ1n) is 7.79. The molecule has 0 spiro atoms. The third-order valence-electron chi connectivity index (χ3n) is 3.27. The number of benzene rings is 1. The molecule has 20 heavy (non-hydrogen) atoms. The molecule has 0 saturated carbocycles. The van der Waals surface area contributed by atoms with E-state index in [4.69, 9.17) is 4.74 Å². The molecule has 0 amide bonds. The third kappa shape index (κ3) is 5.83. The smallest absolute Gasteiger partial charge is 0.121 e. The molecule has 1 atom stereocenters. The van der Waals surface area contributed by atoms with Crippen LogP contribution in [0.3, 0.4) is 0 Å². The van der Waals surface area contributed by atoms with Gasteiger partial charge in [-0.1, -0.05) is 19.9 Å². The quantitative estimate of drug-likeness (QED) is 0.747. The lowest BCUT2D eigenvalue weighted by Gasteiger charge is -2.22. The summed E-state index contributed by atoms with van der Waals surface area (Å²) in [6, 6.07) is 8.37. The summed E-state index contributed by atoms with van der Waals surface area (Å²) in [4.78, 5) is 2.33. The van der Waals surface area contributed by atoms with E-state index in [1.807, 2.05) is 6.07 Å². The van der Waals surface area contributed by atoms with Crippen molar-refractivity contribution < 1.29 is 4.74 Å². The summed E-state index contributed by atoms with van der Waals surface area (Å²) < 4.78 is 5.99. The van der Waals surface area contributed by atoms with Gasteiger partial charge in [0.1, 0.15) is 11.9 Å². The van der Waals surface area contributed by atoms with Gasteiger partial charge in [-0.3, -0.25) is 0 Å². The molecule has 1 aromatic carbocycles. The van der Waals surface area contributed by atoms with E-state index in [1.165, 1.54) is 5.69 Å². The second-order valence-electron chi connectivity index (χ2n) is 5.65. The predicted molar refractivity (Wildman–Crippen MR) is 87.8 cm³/mol. The summed E-state index contributed by atoms with van der Waals surface area (Å²) in [5.41, 5.74) is 1.23. The first kappa shape index (κ1) is 16.8. The monoisotopic (exact) mass is 278 g/mol. The van der Waals surface area contributed by atoms with Gasteiger partial charge in [-0.2, -0.15) is 0 Å². The van der Waals surface area contributed by atoms with Crippen LogP contribution in [0.15, 0.2) is 24.3 Å². The summed E-state index contributed by atoms with van der Waals surface area (Å²) in [6.07, 6.45) is 0.181. The molecular weight excluding hydrogens is 248 g/mol. The number of nitrogens with zero attached hydrogens (tertiary/aromatic N) is 1. The number of rotatable bonds is 9. The van der Waals surface area contributed by atoms with Gasteiger partial charge in [-0.15, -0.1) is 0 Å². The number of hydrogen-bond donors (Lipinski definition) is 1. The Balaban J connectivity index is 2.52. The van der Waals surface area contributed by atoms with E-state index in [-0.39, 0.29) is 6.10 Å². The van der Waals surface area contributed by atoms with E-state index in [0.29, 0.717) is 5.92 Å². The van der Waals surface area contributed by atoms with Crippen LogP contribution in [0.4, 0.5) is 5.69 Å².